The number of hydrogen-bond acceptors (Lipinski definition) is 6. The minimum atomic E-state index is -4.54. The summed E-state index contributed by atoms with van der Waals surface area (Å²) in [5.74, 6) is -0.269. The van der Waals surface area contributed by atoms with E-state index in [9.17, 15) is 22.8 Å². The quantitative estimate of drug-likeness (QED) is 0.345. The first-order valence-electron chi connectivity index (χ1n) is 12.1. The number of anilines is 1. The van der Waals surface area contributed by atoms with E-state index in [1.165, 1.54) is 16.7 Å². The van der Waals surface area contributed by atoms with Gasteiger partial charge >= 0.3 is 6.18 Å². The Hall–Kier alpha value is -2.79. The Morgan fingerprint density at radius 2 is 1.59 bits per heavy atom. The predicted octanol–water partition coefficient (Wildman–Crippen LogP) is 5.63. The van der Waals surface area contributed by atoms with Gasteiger partial charge in [-0.05, 0) is 35.9 Å². The van der Waals surface area contributed by atoms with E-state index < -0.39 is 23.0 Å². The molecule has 204 valence electrons. The van der Waals surface area contributed by atoms with E-state index in [1.807, 2.05) is 47.4 Å². The molecule has 0 N–H and O–H groups in total. The summed E-state index contributed by atoms with van der Waals surface area (Å²) in [6.45, 7) is 1.75. The van der Waals surface area contributed by atoms with Crippen molar-refractivity contribution in [3.05, 3.63) is 88.0 Å². The van der Waals surface area contributed by atoms with Gasteiger partial charge in [-0.1, -0.05) is 53.5 Å². The number of alkyl halides is 3. The topological polar surface area (TPSA) is 56.8 Å². The first-order valence-corrected chi connectivity index (χ1v) is 13.8. The average molecular weight is 595 g/mol. The Morgan fingerprint density at radius 3 is 2.21 bits per heavy atom. The molecule has 2 saturated heterocycles. The number of hydrogen-bond donors (Lipinski definition) is 0. The van der Waals surface area contributed by atoms with Crippen molar-refractivity contribution in [3.8, 4) is 0 Å². The lowest BCUT2D eigenvalue weighted by Crippen LogP contribution is -2.55. The van der Waals surface area contributed by atoms with Crippen LogP contribution >= 0.6 is 35.0 Å². The molecule has 5 rings (SSSR count). The minimum Gasteiger partial charge on any atom is -0.353 e. The molecule has 2 unspecified atom stereocenters. The van der Waals surface area contributed by atoms with E-state index in [-0.39, 0.29) is 29.2 Å². The lowest BCUT2D eigenvalue weighted by molar-refractivity contribution is -0.140. The second kappa shape index (κ2) is 11.4. The van der Waals surface area contributed by atoms with Gasteiger partial charge in [0, 0.05) is 42.3 Å². The summed E-state index contributed by atoms with van der Waals surface area (Å²) in [4.78, 5) is 37.1. The zero-order valence-corrected chi connectivity index (χ0v) is 22.8. The number of imide groups is 1. The van der Waals surface area contributed by atoms with Crippen LogP contribution in [0.3, 0.4) is 0 Å². The van der Waals surface area contributed by atoms with E-state index in [1.54, 1.807) is 17.0 Å². The summed E-state index contributed by atoms with van der Waals surface area (Å²) >= 11 is 13.5. The molecule has 3 aromatic rings. The molecule has 2 aliphatic heterocycles. The Kier molecular flexibility index (Phi) is 8.09. The maximum atomic E-state index is 13.7. The van der Waals surface area contributed by atoms with E-state index in [4.69, 9.17) is 23.2 Å². The highest BCUT2D eigenvalue weighted by Crippen LogP contribution is 2.37. The first kappa shape index (κ1) is 27.8. The van der Waals surface area contributed by atoms with Gasteiger partial charge in [0.05, 0.1) is 17.1 Å². The van der Waals surface area contributed by atoms with Gasteiger partial charge in [0.2, 0.25) is 11.8 Å². The molecular formula is C27H23Cl2F3N4O2S. The van der Waals surface area contributed by atoms with Crippen LogP contribution in [-0.4, -0.2) is 64.1 Å². The summed E-state index contributed by atoms with van der Waals surface area (Å²) < 4.78 is 39.1. The molecule has 0 spiro atoms. The number of thioether (sulfide) groups is 1. The maximum Gasteiger partial charge on any atom is 0.417 e. The molecule has 1 aromatic heterocycles. The molecule has 0 saturated carbocycles. The molecule has 2 aromatic carbocycles. The third-order valence-corrected chi connectivity index (χ3v) is 8.52. The van der Waals surface area contributed by atoms with Crippen molar-refractivity contribution in [1.29, 1.82) is 0 Å². The number of likely N-dealkylation sites (tertiary alicyclic amines) is 1. The van der Waals surface area contributed by atoms with Crippen LogP contribution in [0.25, 0.3) is 0 Å². The Bertz CT molecular complexity index is 1350. The van der Waals surface area contributed by atoms with Gasteiger partial charge in [-0.2, -0.15) is 13.2 Å². The van der Waals surface area contributed by atoms with Crippen LogP contribution in [0.15, 0.2) is 71.8 Å². The normalized spacial score (nSPS) is 20.6. The highest BCUT2D eigenvalue weighted by molar-refractivity contribution is 8.00. The molecule has 39 heavy (non-hydrogen) atoms. The van der Waals surface area contributed by atoms with Crippen LogP contribution in [0, 0.1) is 0 Å². The molecule has 2 atom stereocenters. The number of carbonyl (C=O) groups excluding carboxylic acids is 2. The number of benzene rings is 2. The fourth-order valence-electron chi connectivity index (χ4n) is 4.76. The second-order valence-corrected chi connectivity index (χ2v) is 11.3. The number of halogens is 5. The number of amides is 2. The van der Waals surface area contributed by atoms with E-state index in [0.717, 1.165) is 22.7 Å². The zero-order valence-electron chi connectivity index (χ0n) is 20.4. The zero-order chi connectivity index (χ0) is 27.7. The molecule has 3 heterocycles. The molecule has 12 heteroatoms. The third-order valence-electron chi connectivity index (χ3n) is 6.73. The summed E-state index contributed by atoms with van der Waals surface area (Å²) in [6.07, 6.45) is -3.77. The highest BCUT2D eigenvalue weighted by Gasteiger charge is 2.51. The summed E-state index contributed by atoms with van der Waals surface area (Å²) in [6, 6.07) is 16.6. The van der Waals surface area contributed by atoms with Crippen LogP contribution in [0.5, 0.6) is 0 Å². The summed E-state index contributed by atoms with van der Waals surface area (Å²) in [5.41, 5.74) is -0.0616. The van der Waals surface area contributed by atoms with Gasteiger partial charge in [-0.25, -0.2) is 4.98 Å². The lowest BCUT2D eigenvalue weighted by atomic mass is 10.1. The number of carbonyl (C=O) groups is 2. The Balaban J connectivity index is 1.35. The highest BCUT2D eigenvalue weighted by atomic mass is 35.5. The van der Waals surface area contributed by atoms with Crippen LogP contribution in [0.2, 0.25) is 10.0 Å². The van der Waals surface area contributed by atoms with Crippen molar-refractivity contribution in [2.45, 2.75) is 28.9 Å². The first-order chi connectivity index (χ1) is 18.6. The smallest absolute Gasteiger partial charge is 0.353 e. The molecular weight excluding hydrogens is 572 g/mol. The Labute approximate surface area is 237 Å². The van der Waals surface area contributed by atoms with Gasteiger partial charge in [0.15, 0.2) is 0 Å². The van der Waals surface area contributed by atoms with E-state index in [0.29, 0.717) is 31.2 Å². The number of nitrogens with zero attached hydrogens (tertiary/aromatic N) is 4. The number of pyridine rings is 1. The molecule has 0 bridgehead atoms. The van der Waals surface area contributed by atoms with Gasteiger partial charge in [0.25, 0.3) is 0 Å². The van der Waals surface area contributed by atoms with Crippen molar-refractivity contribution in [2.75, 3.05) is 31.1 Å². The van der Waals surface area contributed by atoms with Gasteiger partial charge in [0.1, 0.15) is 17.1 Å². The SMILES string of the molecule is O=C1C(Sc2ccc(Cl)cc2)C(N2CCN(c3ncc(C(F)(F)F)cc3Cl)CC2)C(=O)N1Cc1ccccc1. The van der Waals surface area contributed by atoms with E-state index >= 15 is 0 Å². The molecule has 2 aliphatic rings. The van der Waals surface area contributed by atoms with Gasteiger partial charge < -0.3 is 4.90 Å². The van der Waals surface area contributed by atoms with Crippen molar-refractivity contribution in [1.82, 2.24) is 14.8 Å². The Morgan fingerprint density at radius 1 is 0.923 bits per heavy atom. The number of piperazine rings is 1. The molecule has 2 fully saturated rings. The van der Waals surface area contributed by atoms with Crippen molar-refractivity contribution in [2.24, 2.45) is 0 Å². The summed E-state index contributed by atoms with van der Waals surface area (Å²) in [7, 11) is 0. The maximum absolute atomic E-state index is 13.7. The lowest BCUT2D eigenvalue weighted by Gasteiger charge is -2.39. The minimum absolute atomic E-state index is 0.0874. The molecule has 6 nitrogen and oxygen atoms in total. The van der Waals surface area contributed by atoms with Gasteiger partial charge in [-0.3, -0.25) is 19.4 Å². The van der Waals surface area contributed by atoms with Crippen LogP contribution in [-0.2, 0) is 22.3 Å². The standard InChI is InChI=1S/C27H23Cl2F3N4O2S/c28-19-6-8-20(9-7-19)39-23-22(25(37)36(26(23)38)16-17-4-2-1-3-5-17)34-10-12-35(13-11-34)24-21(29)14-18(15-33-24)27(30,31)32/h1-9,14-15,22-23H,10-13,16H2. The van der Waals surface area contributed by atoms with Crippen LogP contribution in [0.4, 0.5) is 19.0 Å². The monoisotopic (exact) mass is 594 g/mol. The molecule has 0 radical (unpaired) electrons. The van der Waals surface area contributed by atoms with Crippen molar-refractivity contribution in [3.63, 3.8) is 0 Å². The second-order valence-electron chi connectivity index (χ2n) is 9.24. The fourth-order valence-corrected chi connectivity index (χ4v) is 6.40. The largest absolute Gasteiger partial charge is 0.417 e. The fraction of sp³-hybridized carbons (Fsp3) is 0.296. The predicted molar refractivity (Wildman–Crippen MR) is 145 cm³/mol. The number of rotatable bonds is 6. The van der Waals surface area contributed by atoms with Crippen molar-refractivity contribution < 1.29 is 22.8 Å². The van der Waals surface area contributed by atoms with Crippen LogP contribution in [0.1, 0.15) is 11.1 Å². The van der Waals surface area contributed by atoms with E-state index in [2.05, 4.69) is 4.98 Å². The molecule has 0 aliphatic carbocycles. The molecule has 2 amide bonds. The van der Waals surface area contributed by atoms with Crippen LogP contribution < -0.4 is 4.90 Å². The average Bonchev–Trinajstić information content (AvgIpc) is 3.14. The van der Waals surface area contributed by atoms with Gasteiger partial charge in [-0.15, -0.1) is 11.8 Å². The van der Waals surface area contributed by atoms with Crippen molar-refractivity contribution >= 4 is 52.6 Å². The third kappa shape index (κ3) is 6.04. The number of aromatic nitrogens is 1. The summed E-state index contributed by atoms with van der Waals surface area (Å²) in [5, 5.41) is -0.181.